The number of aliphatic carboxylic acids is 1. The zero-order valence-electron chi connectivity index (χ0n) is 10.7. The Balaban J connectivity index is 2.32. The Morgan fingerprint density at radius 3 is 2.47 bits per heavy atom. The number of carbonyl (C=O) groups is 1. The van der Waals surface area contributed by atoms with Crippen molar-refractivity contribution in [1.82, 2.24) is 5.16 Å². The second-order valence-corrected chi connectivity index (χ2v) is 5.36. The van der Waals surface area contributed by atoms with Crippen LogP contribution in [0.4, 0.5) is 0 Å². The number of rotatable bonds is 4. The summed E-state index contributed by atoms with van der Waals surface area (Å²) in [6.45, 7) is 3.63. The van der Waals surface area contributed by atoms with E-state index in [1.54, 1.807) is 6.92 Å². The van der Waals surface area contributed by atoms with Crippen LogP contribution in [0.3, 0.4) is 0 Å². The molecule has 0 spiro atoms. The van der Waals surface area contributed by atoms with E-state index < -0.39 is 11.9 Å². The van der Waals surface area contributed by atoms with Crippen LogP contribution in [-0.4, -0.2) is 16.2 Å². The Bertz CT molecular complexity index is 570. The molecule has 0 aliphatic rings. The smallest absolute Gasteiger partial charge is 0.311 e. The van der Waals surface area contributed by atoms with Crippen LogP contribution in [-0.2, 0) is 11.2 Å². The quantitative estimate of drug-likeness (QED) is 0.935. The van der Waals surface area contributed by atoms with Gasteiger partial charge in [0.2, 0.25) is 0 Å². The van der Waals surface area contributed by atoms with Crippen molar-refractivity contribution in [1.29, 1.82) is 0 Å². The molecule has 1 heterocycles. The molecule has 0 saturated heterocycles. The number of hydrogen-bond donors (Lipinski definition) is 1. The van der Waals surface area contributed by atoms with Gasteiger partial charge in [0.05, 0.1) is 11.6 Å². The molecule has 1 atom stereocenters. The SMILES string of the molecule is Cc1noc(C)c1CC(C(=O)O)c1ccc(Br)cc1. The van der Waals surface area contributed by atoms with E-state index in [4.69, 9.17) is 4.52 Å². The molecule has 100 valence electrons. The van der Waals surface area contributed by atoms with Crippen molar-refractivity contribution in [3.8, 4) is 0 Å². The van der Waals surface area contributed by atoms with E-state index in [1.165, 1.54) is 0 Å². The van der Waals surface area contributed by atoms with Gasteiger partial charge in [0, 0.05) is 10.0 Å². The van der Waals surface area contributed by atoms with Crippen LogP contribution in [0.2, 0.25) is 0 Å². The van der Waals surface area contributed by atoms with Crippen molar-refractivity contribution >= 4 is 21.9 Å². The van der Waals surface area contributed by atoms with Crippen LogP contribution >= 0.6 is 15.9 Å². The van der Waals surface area contributed by atoms with E-state index in [0.717, 1.165) is 21.3 Å². The fourth-order valence-corrected chi connectivity index (χ4v) is 2.30. The van der Waals surface area contributed by atoms with Gasteiger partial charge in [0.25, 0.3) is 0 Å². The van der Waals surface area contributed by atoms with Crippen molar-refractivity contribution in [3.05, 3.63) is 51.3 Å². The third-order valence-electron chi connectivity index (χ3n) is 3.16. The summed E-state index contributed by atoms with van der Waals surface area (Å²) < 4.78 is 6.01. The van der Waals surface area contributed by atoms with E-state index in [2.05, 4.69) is 21.1 Å². The van der Waals surface area contributed by atoms with Gasteiger partial charge in [0.1, 0.15) is 5.76 Å². The van der Waals surface area contributed by atoms with Gasteiger partial charge in [-0.15, -0.1) is 0 Å². The number of carboxylic acids is 1. The number of aromatic nitrogens is 1. The average molecular weight is 324 g/mol. The van der Waals surface area contributed by atoms with Crippen LogP contribution in [0.5, 0.6) is 0 Å². The summed E-state index contributed by atoms with van der Waals surface area (Å²) in [7, 11) is 0. The highest BCUT2D eigenvalue weighted by atomic mass is 79.9. The van der Waals surface area contributed by atoms with Crippen LogP contribution < -0.4 is 0 Å². The summed E-state index contributed by atoms with van der Waals surface area (Å²) in [5.74, 6) is -0.756. The molecule has 0 amide bonds. The van der Waals surface area contributed by atoms with Crippen molar-refractivity contribution in [2.45, 2.75) is 26.2 Å². The lowest BCUT2D eigenvalue weighted by Crippen LogP contribution is -2.15. The standard InChI is InChI=1S/C14H14BrNO3/c1-8-12(9(2)19-16-8)7-13(14(17)18)10-3-5-11(15)6-4-10/h3-6,13H,7H2,1-2H3,(H,17,18). The second kappa shape index (κ2) is 5.57. The summed E-state index contributed by atoms with van der Waals surface area (Å²) in [4.78, 5) is 11.5. The molecule has 2 aromatic rings. The minimum atomic E-state index is -0.845. The van der Waals surface area contributed by atoms with E-state index >= 15 is 0 Å². The molecule has 0 bridgehead atoms. The minimum Gasteiger partial charge on any atom is -0.481 e. The van der Waals surface area contributed by atoms with Gasteiger partial charge in [0.15, 0.2) is 0 Å². The Morgan fingerprint density at radius 2 is 2.00 bits per heavy atom. The number of benzene rings is 1. The van der Waals surface area contributed by atoms with E-state index in [9.17, 15) is 9.90 Å². The first-order valence-electron chi connectivity index (χ1n) is 5.89. The Hall–Kier alpha value is -1.62. The fraction of sp³-hybridized carbons (Fsp3) is 0.286. The van der Waals surface area contributed by atoms with Crippen molar-refractivity contribution in [2.75, 3.05) is 0 Å². The Labute approximate surface area is 119 Å². The largest absolute Gasteiger partial charge is 0.481 e. The average Bonchev–Trinajstić information content (AvgIpc) is 2.68. The maximum atomic E-state index is 11.5. The molecule has 1 N–H and O–H groups in total. The third kappa shape index (κ3) is 3.04. The molecule has 4 nitrogen and oxygen atoms in total. The monoisotopic (exact) mass is 323 g/mol. The lowest BCUT2D eigenvalue weighted by molar-refractivity contribution is -0.138. The van der Waals surface area contributed by atoms with E-state index in [1.807, 2.05) is 31.2 Å². The summed E-state index contributed by atoms with van der Waals surface area (Å²) in [5.41, 5.74) is 2.40. The summed E-state index contributed by atoms with van der Waals surface area (Å²) >= 11 is 3.34. The lowest BCUT2D eigenvalue weighted by atomic mass is 9.91. The number of nitrogens with zero attached hydrogens (tertiary/aromatic N) is 1. The summed E-state index contributed by atoms with van der Waals surface area (Å²) in [5, 5.41) is 13.3. The molecule has 0 fully saturated rings. The first-order chi connectivity index (χ1) is 8.99. The molecule has 19 heavy (non-hydrogen) atoms. The normalized spacial score (nSPS) is 12.4. The van der Waals surface area contributed by atoms with Gasteiger partial charge in [-0.2, -0.15) is 0 Å². The zero-order valence-corrected chi connectivity index (χ0v) is 12.3. The molecule has 0 saturated carbocycles. The topological polar surface area (TPSA) is 63.3 Å². The number of aryl methyl sites for hydroxylation is 2. The van der Waals surface area contributed by atoms with E-state index in [-0.39, 0.29) is 0 Å². The highest BCUT2D eigenvalue weighted by molar-refractivity contribution is 9.10. The maximum absolute atomic E-state index is 11.5. The first-order valence-corrected chi connectivity index (χ1v) is 6.68. The molecule has 1 aromatic carbocycles. The van der Waals surface area contributed by atoms with Crippen molar-refractivity contribution in [3.63, 3.8) is 0 Å². The van der Waals surface area contributed by atoms with Crippen LogP contribution in [0.1, 0.15) is 28.5 Å². The molecule has 2 rings (SSSR count). The van der Waals surface area contributed by atoms with Crippen molar-refractivity contribution < 1.29 is 14.4 Å². The van der Waals surface area contributed by atoms with Crippen LogP contribution in [0.15, 0.2) is 33.3 Å². The maximum Gasteiger partial charge on any atom is 0.311 e. The van der Waals surface area contributed by atoms with Crippen LogP contribution in [0.25, 0.3) is 0 Å². The van der Waals surface area contributed by atoms with E-state index in [0.29, 0.717) is 12.2 Å². The molecule has 0 radical (unpaired) electrons. The summed E-state index contributed by atoms with van der Waals surface area (Å²) in [6.07, 6.45) is 0.387. The van der Waals surface area contributed by atoms with Crippen molar-refractivity contribution in [2.24, 2.45) is 0 Å². The molecule has 0 aliphatic heterocycles. The minimum absolute atomic E-state index is 0.387. The molecule has 0 aliphatic carbocycles. The van der Waals surface area contributed by atoms with Gasteiger partial charge in [-0.25, -0.2) is 0 Å². The molecule has 1 unspecified atom stereocenters. The third-order valence-corrected chi connectivity index (χ3v) is 3.69. The molecule has 5 heteroatoms. The predicted molar refractivity (Wildman–Crippen MR) is 74.2 cm³/mol. The van der Waals surface area contributed by atoms with Crippen LogP contribution in [0, 0.1) is 13.8 Å². The highest BCUT2D eigenvalue weighted by Crippen LogP contribution is 2.26. The first kappa shape index (κ1) is 13.8. The summed E-state index contributed by atoms with van der Waals surface area (Å²) in [6, 6.07) is 7.33. The zero-order chi connectivity index (χ0) is 14.0. The van der Waals surface area contributed by atoms with Gasteiger partial charge in [-0.3, -0.25) is 4.79 Å². The second-order valence-electron chi connectivity index (χ2n) is 4.45. The van der Waals surface area contributed by atoms with Gasteiger partial charge in [-0.05, 0) is 38.0 Å². The Morgan fingerprint density at radius 1 is 1.37 bits per heavy atom. The fourth-order valence-electron chi connectivity index (χ4n) is 2.04. The highest BCUT2D eigenvalue weighted by Gasteiger charge is 2.23. The Kier molecular flexibility index (Phi) is 4.04. The van der Waals surface area contributed by atoms with Gasteiger partial charge < -0.3 is 9.63 Å². The predicted octanol–water partition coefficient (Wildman–Crippen LogP) is 3.46. The molecular weight excluding hydrogens is 310 g/mol. The number of halogens is 1. The number of hydrogen-bond acceptors (Lipinski definition) is 3. The molecule has 1 aromatic heterocycles. The van der Waals surface area contributed by atoms with Gasteiger partial charge in [-0.1, -0.05) is 33.2 Å². The lowest BCUT2D eigenvalue weighted by Gasteiger charge is -2.12. The molecular formula is C14H14BrNO3. The van der Waals surface area contributed by atoms with Gasteiger partial charge >= 0.3 is 5.97 Å². The number of carboxylic acid groups (broad SMARTS) is 1.